The average molecular weight is 378 g/mol. The number of carbonyl (C=O) groups excluding carboxylic acids is 1. The first kappa shape index (κ1) is 20.5. The highest BCUT2D eigenvalue weighted by Crippen LogP contribution is 2.35. The van der Waals surface area contributed by atoms with E-state index in [0.717, 1.165) is 44.5 Å². The fraction of sp³-hybridized carbons (Fsp3) is 0.600. The minimum atomic E-state index is -0.473. The molecule has 1 aromatic rings. The van der Waals surface area contributed by atoms with Crippen LogP contribution in [-0.4, -0.2) is 42.8 Å². The summed E-state index contributed by atoms with van der Waals surface area (Å²) in [4.78, 5) is 14.0. The molecule has 1 N–H and O–H groups in total. The minimum Gasteiger partial charge on any atom is -0.444 e. The Balaban J connectivity index is 1.75. The van der Waals surface area contributed by atoms with Crippen LogP contribution in [0.2, 0.25) is 5.02 Å². The Morgan fingerprint density at radius 1 is 1.31 bits per heavy atom. The monoisotopic (exact) mass is 377 g/mol. The van der Waals surface area contributed by atoms with E-state index in [2.05, 4.69) is 16.3 Å². The van der Waals surface area contributed by atoms with Crippen molar-refractivity contribution in [3.63, 3.8) is 0 Å². The third-order valence-corrected chi connectivity index (χ3v) is 4.89. The summed E-state index contributed by atoms with van der Waals surface area (Å²) in [5, 5.41) is 13.2. The molecule has 142 valence electrons. The molecule has 0 aromatic heterocycles. The number of benzene rings is 1. The van der Waals surface area contributed by atoms with Gasteiger partial charge in [0, 0.05) is 11.6 Å². The molecule has 1 aliphatic heterocycles. The maximum absolute atomic E-state index is 11.6. The number of halogens is 1. The van der Waals surface area contributed by atoms with Crippen LogP contribution in [0.1, 0.15) is 45.6 Å². The van der Waals surface area contributed by atoms with Crippen molar-refractivity contribution in [3.8, 4) is 6.07 Å². The van der Waals surface area contributed by atoms with Crippen LogP contribution in [0.25, 0.3) is 0 Å². The van der Waals surface area contributed by atoms with Gasteiger partial charge in [0.15, 0.2) is 0 Å². The van der Waals surface area contributed by atoms with Gasteiger partial charge in [-0.15, -0.1) is 0 Å². The SMILES string of the molecule is CC(C)(C)OC(=O)NCCCN1CCC(C#N)(c2ccc(Cl)cc2)CC1. The van der Waals surface area contributed by atoms with Gasteiger partial charge < -0.3 is 15.0 Å². The third-order valence-electron chi connectivity index (χ3n) is 4.64. The second-order valence-electron chi connectivity index (χ2n) is 7.82. The lowest BCUT2D eigenvalue weighted by molar-refractivity contribution is 0.0525. The summed E-state index contributed by atoms with van der Waals surface area (Å²) in [6, 6.07) is 10.2. The first-order chi connectivity index (χ1) is 12.2. The number of carbonyl (C=O) groups is 1. The Morgan fingerprint density at radius 3 is 2.46 bits per heavy atom. The molecule has 0 bridgehead atoms. The van der Waals surface area contributed by atoms with Crippen molar-refractivity contribution >= 4 is 17.7 Å². The summed E-state index contributed by atoms with van der Waals surface area (Å²) in [7, 11) is 0. The highest BCUT2D eigenvalue weighted by molar-refractivity contribution is 6.30. The Kier molecular flexibility index (Phi) is 6.91. The van der Waals surface area contributed by atoms with E-state index in [-0.39, 0.29) is 6.09 Å². The van der Waals surface area contributed by atoms with Gasteiger partial charge in [0.2, 0.25) is 0 Å². The zero-order valence-electron chi connectivity index (χ0n) is 15.8. The molecule has 0 spiro atoms. The molecule has 0 aliphatic carbocycles. The highest BCUT2D eigenvalue weighted by Gasteiger charge is 2.36. The number of rotatable bonds is 5. The number of alkyl carbamates (subject to hydrolysis) is 1. The molecule has 1 amide bonds. The average Bonchev–Trinajstić information content (AvgIpc) is 2.58. The molecule has 1 saturated heterocycles. The Labute approximate surface area is 161 Å². The quantitative estimate of drug-likeness (QED) is 0.784. The molecule has 0 radical (unpaired) electrons. The van der Waals surface area contributed by atoms with Crippen LogP contribution in [0, 0.1) is 11.3 Å². The second kappa shape index (κ2) is 8.75. The summed E-state index contributed by atoms with van der Waals surface area (Å²) in [6.45, 7) is 8.79. The molecule has 1 heterocycles. The maximum atomic E-state index is 11.6. The number of ether oxygens (including phenoxy) is 1. The van der Waals surface area contributed by atoms with Gasteiger partial charge in [-0.25, -0.2) is 4.79 Å². The van der Waals surface area contributed by atoms with E-state index >= 15 is 0 Å². The molecule has 0 unspecified atom stereocenters. The van der Waals surface area contributed by atoms with E-state index in [4.69, 9.17) is 16.3 Å². The third kappa shape index (κ3) is 5.89. The van der Waals surface area contributed by atoms with Crippen molar-refractivity contribution in [2.75, 3.05) is 26.2 Å². The number of hydrogen-bond donors (Lipinski definition) is 1. The van der Waals surface area contributed by atoms with E-state index in [1.165, 1.54) is 0 Å². The van der Waals surface area contributed by atoms with Crippen LogP contribution in [0.4, 0.5) is 4.79 Å². The largest absolute Gasteiger partial charge is 0.444 e. The van der Waals surface area contributed by atoms with Gasteiger partial charge in [-0.05, 0) is 77.4 Å². The van der Waals surface area contributed by atoms with Gasteiger partial charge >= 0.3 is 6.09 Å². The molecular weight excluding hydrogens is 350 g/mol. The molecule has 1 aromatic carbocycles. The molecule has 2 rings (SSSR count). The Bertz CT molecular complexity index is 639. The fourth-order valence-electron chi connectivity index (χ4n) is 3.20. The van der Waals surface area contributed by atoms with E-state index in [1.54, 1.807) is 0 Å². The molecule has 1 aliphatic rings. The highest BCUT2D eigenvalue weighted by atomic mass is 35.5. The smallest absolute Gasteiger partial charge is 0.407 e. The molecule has 5 nitrogen and oxygen atoms in total. The van der Waals surface area contributed by atoms with Gasteiger partial charge in [0.1, 0.15) is 5.60 Å². The van der Waals surface area contributed by atoms with Crippen LogP contribution >= 0.6 is 11.6 Å². The van der Waals surface area contributed by atoms with Crippen molar-refractivity contribution in [2.24, 2.45) is 0 Å². The van der Waals surface area contributed by atoms with E-state index in [0.29, 0.717) is 11.6 Å². The zero-order chi connectivity index (χ0) is 19.2. The summed E-state index contributed by atoms with van der Waals surface area (Å²) < 4.78 is 5.22. The van der Waals surface area contributed by atoms with Crippen molar-refractivity contribution in [2.45, 2.75) is 51.0 Å². The van der Waals surface area contributed by atoms with Crippen LogP contribution in [0.5, 0.6) is 0 Å². The summed E-state index contributed by atoms with van der Waals surface area (Å²) in [5.41, 5.74) is 0.158. The topological polar surface area (TPSA) is 65.4 Å². The van der Waals surface area contributed by atoms with Gasteiger partial charge in [-0.1, -0.05) is 23.7 Å². The van der Waals surface area contributed by atoms with E-state index in [9.17, 15) is 10.1 Å². The lowest BCUT2D eigenvalue weighted by Gasteiger charge is -2.37. The second-order valence-corrected chi connectivity index (χ2v) is 8.26. The number of nitrogens with one attached hydrogen (secondary N) is 1. The lowest BCUT2D eigenvalue weighted by atomic mass is 9.74. The normalized spacial score (nSPS) is 17.3. The summed E-state index contributed by atoms with van der Waals surface area (Å²) in [6.07, 6.45) is 2.11. The maximum Gasteiger partial charge on any atom is 0.407 e. The molecule has 1 fully saturated rings. The molecule has 26 heavy (non-hydrogen) atoms. The van der Waals surface area contributed by atoms with Crippen LogP contribution in [0.3, 0.4) is 0 Å². The van der Waals surface area contributed by atoms with Gasteiger partial charge in [0.25, 0.3) is 0 Å². The number of piperidine rings is 1. The van der Waals surface area contributed by atoms with Gasteiger partial charge in [0.05, 0.1) is 11.5 Å². The summed E-state index contributed by atoms with van der Waals surface area (Å²) in [5.74, 6) is 0. The zero-order valence-corrected chi connectivity index (χ0v) is 16.6. The fourth-order valence-corrected chi connectivity index (χ4v) is 3.33. The van der Waals surface area contributed by atoms with Crippen molar-refractivity contribution < 1.29 is 9.53 Å². The molecule has 0 atom stereocenters. The van der Waals surface area contributed by atoms with Gasteiger partial charge in [-0.2, -0.15) is 5.26 Å². The predicted molar refractivity (Wildman–Crippen MR) is 103 cm³/mol. The minimum absolute atomic E-state index is 0.373. The van der Waals surface area contributed by atoms with Crippen LogP contribution in [0.15, 0.2) is 24.3 Å². The van der Waals surface area contributed by atoms with Crippen LogP contribution in [-0.2, 0) is 10.2 Å². The predicted octanol–water partition coefficient (Wildman–Crippen LogP) is 4.11. The lowest BCUT2D eigenvalue weighted by Crippen LogP contribution is -2.43. The van der Waals surface area contributed by atoms with Crippen molar-refractivity contribution in [1.29, 1.82) is 5.26 Å². The van der Waals surface area contributed by atoms with Crippen LogP contribution < -0.4 is 5.32 Å². The van der Waals surface area contributed by atoms with Gasteiger partial charge in [-0.3, -0.25) is 0 Å². The number of likely N-dealkylation sites (tertiary alicyclic amines) is 1. The van der Waals surface area contributed by atoms with Crippen molar-refractivity contribution in [3.05, 3.63) is 34.9 Å². The standard InChI is InChI=1S/C20H28ClN3O2/c1-19(2,3)26-18(25)23-11-4-12-24-13-9-20(15-22,10-14-24)16-5-7-17(21)8-6-16/h5-8H,4,9-14H2,1-3H3,(H,23,25). The van der Waals surface area contributed by atoms with E-state index < -0.39 is 11.0 Å². The van der Waals surface area contributed by atoms with Crippen molar-refractivity contribution in [1.82, 2.24) is 10.2 Å². The van der Waals surface area contributed by atoms with E-state index in [1.807, 2.05) is 45.0 Å². The Morgan fingerprint density at radius 2 is 1.92 bits per heavy atom. The first-order valence-electron chi connectivity index (χ1n) is 9.11. The number of nitrogens with zero attached hydrogens (tertiary/aromatic N) is 2. The first-order valence-corrected chi connectivity index (χ1v) is 9.48. The number of hydrogen-bond acceptors (Lipinski definition) is 4. The number of amides is 1. The Hall–Kier alpha value is -1.77. The number of nitriles is 1. The molecular formula is C20H28ClN3O2. The molecule has 0 saturated carbocycles. The summed E-state index contributed by atoms with van der Waals surface area (Å²) >= 11 is 5.96. The molecule has 6 heteroatoms.